The Hall–Kier alpha value is -2.83. The summed E-state index contributed by atoms with van der Waals surface area (Å²) in [6, 6.07) is 5.80. The number of nitrogens with zero attached hydrogens (tertiary/aromatic N) is 2. The van der Waals surface area contributed by atoms with Gasteiger partial charge in [-0.2, -0.15) is 0 Å². The number of hydrogen-bond donors (Lipinski definition) is 1. The minimum Gasteiger partial charge on any atom is -0.464 e. The Kier molecular flexibility index (Phi) is 3.32. The Morgan fingerprint density at radius 1 is 1.23 bits per heavy atom. The van der Waals surface area contributed by atoms with E-state index in [1.807, 2.05) is 0 Å². The summed E-state index contributed by atoms with van der Waals surface area (Å²) in [5, 5.41) is 9.63. The molecule has 22 heavy (non-hydrogen) atoms. The normalized spacial score (nSPS) is 11.3. The fraction of sp³-hybridized carbons (Fsp3) is 0.0667. The topological polar surface area (TPSA) is 55.1 Å². The zero-order chi connectivity index (χ0) is 15.9. The molecule has 0 radical (unpaired) electrons. The SMILES string of the molecule is O=C(O)n1ccc2cnc(-c3cc(F)ccc3C(F)F)cc21. The highest BCUT2D eigenvalue weighted by molar-refractivity contribution is 5.90. The molecule has 0 unspecified atom stereocenters. The number of rotatable bonds is 2. The molecule has 0 saturated carbocycles. The first-order valence-corrected chi connectivity index (χ1v) is 6.26. The fourth-order valence-corrected chi connectivity index (χ4v) is 2.28. The van der Waals surface area contributed by atoms with Gasteiger partial charge in [-0.1, -0.05) is 0 Å². The van der Waals surface area contributed by atoms with E-state index < -0.39 is 18.3 Å². The smallest absolute Gasteiger partial charge is 0.416 e. The van der Waals surface area contributed by atoms with Gasteiger partial charge < -0.3 is 5.11 Å². The van der Waals surface area contributed by atoms with Gasteiger partial charge in [0.2, 0.25) is 0 Å². The van der Waals surface area contributed by atoms with Crippen molar-refractivity contribution in [2.45, 2.75) is 6.43 Å². The van der Waals surface area contributed by atoms with Crippen LogP contribution in [0.15, 0.2) is 42.7 Å². The molecule has 0 spiro atoms. The Bertz CT molecular complexity index is 874. The highest BCUT2D eigenvalue weighted by Gasteiger charge is 2.17. The predicted molar refractivity (Wildman–Crippen MR) is 73.5 cm³/mol. The second kappa shape index (κ2) is 5.18. The number of hydrogen-bond acceptors (Lipinski definition) is 2. The first kappa shape index (κ1) is 14.1. The molecule has 1 aromatic carbocycles. The van der Waals surface area contributed by atoms with E-state index in [0.29, 0.717) is 10.9 Å². The van der Waals surface area contributed by atoms with Crippen molar-refractivity contribution in [2.75, 3.05) is 0 Å². The van der Waals surface area contributed by atoms with Gasteiger partial charge in [-0.15, -0.1) is 0 Å². The van der Waals surface area contributed by atoms with Crippen LogP contribution in [0.5, 0.6) is 0 Å². The number of carbonyl (C=O) groups is 1. The van der Waals surface area contributed by atoms with E-state index in [0.717, 1.165) is 22.8 Å². The number of benzene rings is 1. The molecule has 0 amide bonds. The van der Waals surface area contributed by atoms with Crippen LogP contribution in [0.3, 0.4) is 0 Å². The quantitative estimate of drug-likeness (QED) is 0.767. The molecule has 0 aliphatic carbocycles. The van der Waals surface area contributed by atoms with E-state index >= 15 is 0 Å². The lowest BCUT2D eigenvalue weighted by molar-refractivity contribution is 0.152. The Morgan fingerprint density at radius 3 is 2.68 bits per heavy atom. The minimum atomic E-state index is -2.79. The molecule has 7 heteroatoms. The first-order chi connectivity index (χ1) is 10.5. The van der Waals surface area contributed by atoms with E-state index in [-0.39, 0.29) is 16.8 Å². The number of alkyl halides is 2. The molecule has 112 valence electrons. The summed E-state index contributed by atoms with van der Waals surface area (Å²) in [4.78, 5) is 15.1. The molecule has 2 heterocycles. The average Bonchev–Trinajstić information content (AvgIpc) is 2.89. The van der Waals surface area contributed by atoms with Gasteiger partial charge in [-0.3, -0.25) is 9.55 Å². The maximum Gasteiger partial charge on any atom is 0.416 e. The molecule has 0 atom stereocenters. The van der Waals surface area contributed by atoms with Crippen molar-refractivity contribution in [1.82, 2.24) is 9.55 Å². The summed E-state index contributed by atoms with van der Waals surface area (Å²) in [5.41, 5.74) is -0.0396. The van der Waals surface area contributed by atoms with Crippen LogP contribution in [0.25, 0.3) is 22.2 Å². The van der Waals surface area contributed by atoms with Crippen molar-refractivity contribution in [2.24, 2.45) is 0 Å². The van der Waals surface area contributed by atoms with Crippen molar-refractivity contribution in [3.8, 4) is 11.3 Å². The van der Waals surface area contributed by atoms with Gasteiger partial charge in [0.05, 0.1) is 11.2 Å². The largest absolute Gasteiger partial charge is 0.464 e. The molecule has 3 rings (SSSR count). The van der Waals surface area contributed by atoms with Gasteiger partial charge in [-0.25, -0.2) is 18.0 Å². The van der Waals surface area contributed by atoms with Crippen LogP contribution in [0.1, 0.15) is 12.0 Å². The van der Waals surface area contributed by atoms with E-state index in [4.69, 9.17) is 5.11 Å². The minimum absolute atomic E-state index is 0.0601. The van der Waals surface area contributed by atoms with Gasteiger partial charge >= 0.3 is 6.09 Å². The average molecular weight is 306 g/mol. The molecule has 3 aromatic rings. The van der Waals surface area contributed by atoms with Gasteiger partial charge in [0.25, 0.3) is 6.43 Å². The second-order valence-corrected chi connectivity index (χ2v) is 4.63. The maximum absolute atomic E-state index is 13.4. The van der Waals surface area contributed by atoms with E-state index in [1.165, 1.54) is 18.5 Å². The Labute approximate surface area is 122 Å². The van der Waals surface area contributed by atoms with Crippen LogP contribution in [-0.2, 0) is 0 Å². The zero-order valence-electron chi connectivity index (χ0n) is 11.0. The summed E-state index contributed by atoms with van der Waals surface area (Å²) >= 11 is 0. The number of halogens is 3. The lowest BCUT2D eigenvalue weighted by atomic mass is 10.0. The lowest BCUT2D eigenvalue weighted by Crippen LogP contribution is -2.05. The Morgan fingerprint density at radius 2 is 2.00 bits per heavy atom. The molecule has 2 aromatic heterocycles. The molecule has 4 nitrogen and oxygen atoms in total. The molecule has 0 saturated heterocycles. The Balaban J connectivity index is 2.24. The molecule has 1 N–H and O–H groups in total. The predicted octanol–water partition coefficient (Wildman–Crippen LogP) is 4.31. The molecular formula is C15H9F3N2O2. The fourth-order valence-electron chi connectivity index (χ4n) is 2.28. The summed E-state index contributed by atoms with van der Waals surface area (Å²) in [5.74, 6) is -0.671. The third kappa shape index (κ3) is 2.30. The van der Waals surface area contributed by atoms with Crippen molar-refractivity contribution in [3.63, 3.8) is 0 Å². The van der Waals surface area contributed by atoms with Crippen LogP contribution in [0.2, 0.25) is 0 Å². The number of fused-ring (bicyclic) bond motifs is 1. The van der Waals surface area contributed by atoms with Gasteiger partial charge in [0.15, 0.2) is 0 Å². The van der Waals surface area contributed by atoms with Gasteiger partial charge in [0, 0.05) is 28.9 Å². The van der Waals surface area contributed by atoms with E-state index in [1.54, 1.807) is 6.07 Å². The second-order valence-electron chi connectivity index (χ2n) is 4.63. The van der Waals surface area contributed by atoms with Crippen molar-refractivity contribution < 1.29 is 23.1 Å². The lowest BCUT2D eigenvalue weighted by Gasteiger charge is -2.09. The number of carboxylic acid groups (broad SMARTS) is 1. The third-order valence-electron chi connectivity index (χ3n) is 3.31. The summed E-state index contributed by atoms with van der Waals surface area (Å²) in [6.07, 6.45) is -1.30. The number of aromatic nitrogens is 2. The van der Waals surface area contributed by atoms with Crippen molar-refractivity contribution >= 4 is 17.0 Å². The highest BCUT2D eigenvalue weighted by atomic mass is 19.3. The zero-order valence-corrected chi connectivity index (χ0v) is 11.0. The van der Waals surface area contributed by atoms with Crippen LogP contribution in [0.4, 0.5) is 18.0 Å². The maximum atomic E-state index is 13.4. The molecule has 0 fully saturated rings. The van der Waals surface area contributed by atoms with Crippen molar-refractivity contribution in [1.29, 1.82) is 0 Å². The summed E-state index contributed by atoms with van der Waals surface area (Å²) < 4.78 is 40.4. The third-order valence-corrected chi connectivity index (χ3v) is 3.31. The standard InChI is InChI=1S/C15H9F3N2O2/c16-9-1-2-10(14(17)18)11(5-9)12-6-13-8(7-19-12)3-4-20(13)15(21)22/h1-7,14H,(H,21,22). The monoisotopic (exact) mass is 306 g/mol. The van der Waals surface area contributed by atoms with Crippen LogP contribution in [-0.4, -0.2) is 20.8 Å². The van der Waals surface area contributed by atoms with Crippen molar-refractivity contribution in [3.05, 3.63) is 54.1 Å². The van der Waals surface area contributed by atoms with Gasteiger partial charge in [0.1, 0.15) is 5.82 Å². The summed E-state index contributed by atoms with van der Waals surface area (Å²) in [6.45, 7) is 0. The van der Waals surface area contributed by atoms with Crippen LogP contribution < -0.4 is 0 Å². The molecule has 0 aliphatic heterocycles. The summed E-state index contributed by atoms with van der Waals surface area (Å²) in [7, 11) is 0. The first-order valence-electron chi connectivity index (χ1n) is 6.26. The molecule has 0 bridgehead atoms. The molecular weight excluding hydrogens is 297 g/mol. The molecule has 0 aliphatic rings. The van der Waals surface area contributed by atoms with Crippen LogP contribution in [0, 0.1) is 5.82 Å². The van der Waals surface area contributed by atoms with E-state index in [9.17, 15) is 18.0 Å². The van der Waals surface area contributed by atoms with E-state index in [2.05, 4.69) is 4.98 Å². The highest BCUT2D eigenvalue weighted by Crippen LogP contribution is 2.32. The number of pyridine rings is 1. The van der Waals surface area contributed by atoms with Gasteiger partial charge in [-0.05, 0) is 30.3 Å². The van der Waals surface area contributed by atoms with Crippen LogP contribution >= 0.6 is 0 Å².